The van der Waals surface area contributed by atoms with Crippen molar-refractivity contribution in [3.63, 3.8) is 0 Å². The van der Waals surface area contributed by atoms with Gasteiger partial charge in [-0.15, -0.1) is 0 Å². The molecule has 166 valence electrons. The van der Waals surface area contributed by atoms with E-state index in [2.05, 4.69) is 34.6 Å². The maximum atomic E-state index is 12.3. The van der Waals surface area contributed by atoms with Crippen molar-refractivity contribution in [1.29, 1.82) is 0 Å². The molecule has 32 heavy (non-hydrogen) atoms. The number of aliphatic hydroxyl groups is 1. The van der Waals surface area contributed by atoms with E-state index in [9.17, 15) is 14.7 Å². The largest absolute Gasteiger partial charge is 0.391 e. The van der Waals surface area contributed by atoms with Crippen molar-refractivity contribution < 1.29 is 19.9 Å². The van der Waals surface area contributed by atoms with Gasteiger partial charge in [0.2, 0.25) is 0 Å². The Morgan fingerprint density at radius 1 is 1.12 bits per heavy atom. The van der Waals surface area contributed by atoms with E-state index in [0.717, 1.165) is 17.7 Å². The van der Waals surface area contributed by atoms with Gasteiger partial charge < -0.3 is 15.7 Å². The Bertz CT molecular complexity index is 1010. The van der Waals surface area contributed by atoms with Crippen molar-refractivity contribution in [3.05, 3.63) is 76.9 Å². The topological polar surface area (TPSA) is 111 Å². The molecule has 5 N–H and O–H groups in total. The second-order valence-electron chi connectivity index (χ2n) is 7.74. The van der Waals surface area contributed by atoms with Gasteiger partial charge in [0.05, 0.1) is 6.10 Å². The Labute approximate surface area is 187 Å². The fourth-order valence-electron chi connectivity index (χ4n) is 2.96. The van der Waals surface area contributed by atoms with Crippen LogP contribution in [-0.2, 0) is 11.3 Å². The standard InChI is InChI=1S/C25H27N3O4/c1-17(29)23(25(31)28-32)27-24(30)21-12-10-19(11-13-21)5-3-2-4-18-6-8-20(9-7-18)16-26-22-14-15-22/h3,5-13,17,22-23,26,29,32H,14-16H2,1H3,(H,27,30)(H,28,31)/t17-,23+/m1/s1. The second-order valence-corrected chi connectivity index (χ2v) is 7.74. The molecule has 2 aromatic rings. The number of amides is 2. The zero-order valence-corrected chi connectivity index (χ0v) is 17.8. The van der Waals surface area contributed by atoms with Gasteiger partial charge in [0.25, 0.3) is 11.8 Å². The number of carbonyl (C=O) groups is 2. The Balaban J connectivity index is 1.53. The molecule has 0 saturated heterocycles. The summed E-state index contributed by atoms with van der Waals surface area (Å²) < 4.78 is 0. The quantitative estimate of drug-likeness (QED) is 0.248. The molecule has 2 amide bonds. The van der Waals surface area contributed by atoms with Crippen LogP contribution in [0.1, 0.15) is 46.8 Å². The fraction of sp³-hybridized carbons (Fsp3) is 0.280. The molecular formula is C25H27N3O4. The zero-order valence-electron chi connectivity index (χ0n) is 17.8. The van der Waals surface area contributed by atoms with E-state index in [1.165, 1.54) is 30.8 Å². The van der Waals surface area contributed by atoms with Crippen LogP contribution < -0.4 is 16.1 Å². The molecule has 3 rings (SSSR count). The van der Waals surface area contributed by atoms with Crippen LogP contribution in [0.25, 0.3) is 6.08 Å². The molecular weight excluding hydrogens is 406 g/mol. The first-order chi connectivity index (χ1) is 15.5. The van der Waals surface area contributed by atoms with Gasteiger partial charge in [-0.2, -0.15) is 0 Å². The number of rotatable bonds is 8. The first kappa shape index (κ1) is 23.2. The zero-order chi connectivity index (χ0) is 22.9. The van der Waals surface area contributed by atoms with E-state index in [4.69, 9.17) is 5.21 Å². The number of nitrogens with one attached hydrogen (secondary N) is 3. The van der Waals surface area contributed by atoms with Gasteiger partial charge in [0.1, 0.15) is 6.04 Å². The van der Waals surface area contributed by atoms with Gasteiger partial charge >= 0.3 is 0 Å². The van der Waals surface area contributed by atoms with E-state index in [-0.39, 0.29) is 0 Å². The van der Waals surface area contributed by atoms with Gasteiger partial charge in [-0.3, -0.25) is 14.8 Å². The van der Waals surface area contributed by atoms with Gasteiger partial charge in [0, 0.05) is 23.7 Å². The van der Waals surface area contributed by atoms with Crippen LogP contribution in [-0.4, -0.2) is 40.3 Å². The molecule has 1 fully saturated rings. The van der Waals surface area contributed by atoms with Crippen LogP contribution in [0.4, 0.5) is 0 Å². The summed E-state index contributed by atoms with van der Waals surface area (Å²) in [5.41, 5.74) is 4.80. The lowest BCUT2D eigenvalue weighted by Crippen LogP contribution is -2.51. The lowest BCUT2D eigenvalue weighted by Gasteiger charge is -2.19. The first-order valence-electron chi connectivity index (χ1n) is 10.5. The summed E-state index contributed by atoms with van der Waals surface area (Å²) >= 11 is 0. The molecule has 0 aromatic heterocycles. The highest BCUT2D eigenvalue weighted by Gasteiger charge is 2.25. The Hall–Kier alpha value is -3.44. The van der Waals surface area contributed by atoms with E-state index >= 15 is 0 Å². The summed E-state index contributed by atoms with van der Waals surface area (Å²) in [5, 5.41) is 24.2. The predicted octanol–water partition coefficient (Wildman–Crippen LogP) is 1.99. The number of allylic oxidation sites excluding steroid dienone is 1. The lowest BCUT2D eigenvalue weighted by atomic mass is 10.1. The Morgan fingerprint density at radius 2 is 1.81 bits per heavy atom. The normalized spacial score (nSPS) is 14.8. The average molecular weight is 434 g/mol. The van der Waals surface area contributed by atoms with Crippen molar-refractivity contribution in [2.45, 2.75) is 44.5 Å². The summed E-state index contributed by atoms with van der Waals surface area (Å²) in [4.78, 5) is 23.8. The van der Waals surface area contributed by atoms with E-state index in [0.29, 0.717) is 11.6 Å². The number of hydroxylamine groups is 1. The molecule has 0 unspecified atom stereocenters. The minimum Gasteiger partial charge on any atom is -0.391 e. The summed E-state index contributed by atoms with van der Waals surface area (Å²) in [5.74, 6) is 4.67. The number of carbonyl (C=O) groups excluding carboxylic acids is 2. The van der Waals surface area contributed by atoms with E-state index in [1.807, 2.05) is 18.2 Å². The third-order valence-corrected chi connectivity index (χ3v) is 5.04. The summed E-state index contributed by atoms with van der Waals surface area (Å²) in [7, 11) is 0. The molecule has 0 radical (unpaired) electrons. The van der Waals surface area contributed by atoms with E-state index < -0.39 is 24.0 Å². The minimum atomic E-state index is -1.26. The predicted molar refractivity (Wildman–Crippen MR) is 122 cm³/mol. The number of hydrogen-bond acceptors (Lipinski definition) is 5. The highest BCUT2D eigenvalue weighted by atomic mass is 16.5. The molecule has 0 aliphatic heterocycles. The Kier molecular flexibility index (Phi) is 8.17. The van der Waals surface area contributed by atoms with Crippen molar-refractivity contribution in [1.82, 2.24) is 16.1 Å². The molecule has 7 heteroatoms. The van der Waals surface area contributed by atoms with Gasteiger partial charge in [-0.25, -0.2) is 5.48 Å². The van der Waals surface area contributed by atoms with Crippen molar-refractivity contribution in [2.75, 3.05) is 0 Å². The van der Waals surface area contributed by atoms with Gasteiger partial charge in [-0.05, 0) is 67.3 Å². The third kappa shape index (κ3) is 7.06. The molecule has 7 nitrogen and oxygen atoms in total. The molecule has 1 saturated carbocycles. The molecule has 1 aliphatic rings. The van der Waals surface area contributed by atoms with Crippen molar-refractivity contribution in [2.24, 2.45) is 0 Å². The van der Waals surface area contributed by atoms with Crippen LogP contribution in [0.3, 0.4) is 0 Å². The van der Waals surface area contributed by atoms with Crippen molar-refractivity contribution in [3.8, 4) is 11.8 Å². The SMILES string of the molecule is C[C@@H](O)[C@H](NC(=O)c1ccc(C=CC#Cc2ccc(CNC3CC3)cc2)cc1)C(=O)NO. The van der Waals surface area contributed by atoms with Crippen LogP contribution in [0.15, 0.2) is 54.6 Å². The third-order valence-electron chi connectivity index (χ3n) is 5.04. The van der Waals surface area contributed by atoms with Gasteiger partial charge in [0.15, 0.2) is 0 Å². The molecule has 1 aliphatic carbocycles. The lowest BCUT2D eigenvalue weighted by molar-refractivity contribution is -0.133. The summed E-state index contributed by atoms with van der Waals surface area (Å²) in [6, 6.07) is 14.3. The highest BCUT2D eigenvalue weighted by molar-refractivity contribution is 5.97. The monoisotopic (exact) mass is 433 g/mol. The summed E-state index contributed by atoms with van der Waals surface area (Å²) in [6.07, 6.45) is 4.96. The maximum absolute atomic E-state index is 12.3. The highest BCUT2D eigenvalue weighted by Crippen LogP contribution is 2.19. The van der Waals surface area contributed by atoms with Crippen LogP contribution in [0.5, 0.6) is 0 Å². The molecule has 0 bridgehead atoms. The van der Waals surface area contributed by atoms with Crippen LogP contribution >= 0.6 is 0 Å². The second kappa shape index (κ2) is 11.3. The number of aliphatic hydroxyl groups excluding tert-OH is 1. The van der Waals surface area contributed by atoms with Crippen molar-refractivity contribution >= 4 is 17.9 Å². The minimum absolute atomic E-state index is 0.320. The molecule has 2 aromatic carbocycles. The summed E-state index contributed by atoms with van der Waals surface area (Å²) in [6.45, 7) is 2.23. The van der Waals surface area contributed by atoms with Gasteiger partial charge in [-0.1, -0.05) is 36.1 Å². The van der Waals surface area contributed by atoms with Crippen LogP contribution in [0, 0.1) is 11.8 Å². The first-order valence-corrected chi connectivity index (χ1v) is 10.5. The average Bonchev–Trinajstić information content (AvgIpc) is 3.64. The number of benzene rings is 2. The fourth-order valence-corrected chi connectivity index (χ4v) is 2.96. The maximum Gasteiger partial charge on any atom is 0.268 e. The van der Waals surface area contributed by atoms with E-state index in [1.54, 1.807) is 30.3 Å². The molecule has 2 atom stereocenters. The number of hydrogen-bond donors (Lipinski definition) is 5. The van der Waals surface area contributed by atoms with Crippen LogP contribution in [0.2, 0.25) is 0 Å². The molecule has 0 heterocycles. The smallest absolute Gasteiger partial charge is 0.268 e. The molecule has 0 spiro atoms. The Morgan fingerprint density at radius 3 is 2.41 bits per heavy atom.